The van der Waals surface area contributed by atoms with Crippen molar-refractivity contribution in [1.82, 2.24) is 5.32 Å². The molecular formula is C17H18BrCl2N. The van der Waals surface area contributed by atoms with Crippen LogP contribution in [-0.2, 0) is 6.42 Å². The summed E-state index contributed by atoms with van der Waals surface area (Å²) in [4.78, 5) is 0. The Morgan fingerprint density at radius 2 is 1.95 bits per heavy atom. The number of likely N-dealkylation sites (N-methyl/N-ethyl adjacent to an activating group) is 1. The highest BCUT2D eigenvalue weighted by molar-refractivity contribution is 9.10. The summed E-state index contributed by atoms with van der Waals surface area (Å²) in [6.07, 6.45) is 0.825. The molecule has 2 aromatic carbocycles. The Bertz CT molecular complexity index is 628. The van der Waals surface area contributed by atoms with Crippen LogP contribution in [0.15, 0.2) is 40.9 Å². The Hall–Kier alpha value is -0.540. The molecule has 1 N–H and O–H groups in total. The molecule has 0 bridgehead atoms. The lowest BCUT2D eigenvalue weighted by Gasteiger charge is -2.21. The number of benzene rings is 2. The van der Waals surface area contributed by atoms with E-state index in [0.29, 0.717) is 10.0 Å². The van der Waals surface area contributed by atoms with Crippen molar-refractivity contribution in [2.75, 3.05) is 6.54 Å². The van der Waals surface area contributed by atoms with Crippen molar-refractivity contribution in [2.45, 2.75) is 26.3 Å². The standard InChI is InChI=1S/C17H18BrCl2N/c1-3-21-16(14-6-4-5-11(2)17(14)18)9-12-7-8-13(19)10-15(12)20/h4-8,10,16,21H,3,9H2,1-2H3. The monoisotopic (exact) mass is 385 g/mol. The van der Waals surface area contributed by atoms with Gasteiger partial charge in [0.15, 0.2) is 0 Å². The van der Waals surface area contributed by atoms with Gasteiger partial charge in [-0.15, -0.1) is 0 Å². The summed E-state index contributed by atoms with van der Waals surface area (Å²) in [7, 11) is 0. The zero-order chi connectivity index (χ0) is 15.4. The van der Waals surface area contributed by atoms with Crippen LogP contribution in [0.4, 0.5) is 0 Å². The molecule has 0 radical (unpaired) electrons. The van der Waals surface area contributed by atoms with Crippen LogP contribution in [0.5, 0.6) is 0 Å². The zero-order valence-electron chi connectivity index (χ0n) is 12.1. The van der Waals surface area contributed by atoms with E-state index >= 15 is 0 Å². The van der Waals surface area contributed by atoms with Crippen LogP contribution in [0.3, 0.4) is 0 Å². The van der Waals surface area contributed by atoms with E-state index in [0.717, 1.165) is 23.0 Å². The molecule has 0 aliphatic rings. The molecule has 0 spiro atoms. The van der Waals surface area contributed by atoms with E-state index in [1.165, 1.54) is 11.1 Å². The minimum absolute atomic E-state index is 0.211. The van der Waals surface area contributed by atoms with Gasteiger partial charge in [0, 0.05) is 20.6 Å². The first-order valence-electron chi connectivity index (χ1n) is 6.95. The minimum Gasteiger partial charge on any atom is -0.310 e. The van der Waals surface area contributed by atoms with Gasteiger partial charge in [-0.25, -0.2) is 0 Å². The van der Waals surface area contributed by atoms with Gasteiger partial charge in [0.05, 0.1) is 0 Å². The first-order chi connectivity index (χ1) is 10.0. The van der Waals surface area contributed by atoms with Gasteiger partial charge in [0.2, 0.25) is 0 Å². The summed E-state index contributed by atoms with van der Waals surface area (Å²) in [6, 6.07) is 12.2. The van der Waals surface area contributed by atoms with Crippen LogP contribution >= 0.6 is 39.1 Å². The molecule has 0 heterocycles. The normalized spacial score (nSPS) is 12.4. The van der Waals surface area contributed by atoms with Crippen molar-refractivity contribution in [3.8, 4) is 0 Å². The van der Waals surface area contributed by atoms with E-state index in [4.69, 9.17) is 23.2 Å². The van der Waals surface area contributed by atoms with E-state index in [2.05, 4.69) is 53.3 Å². The summed E-state index contributed by atoms with van der Waals surface area (Å²) in [5.41, 5.74) is 3.58. The molecule has 1 nitrogen and oxygen atoms in total. The van der Waals surface area contributed by atoms with E-state index in [1.807, 2.05) is 12.1 Å². The van der Waals surface area contributed by atoms with Gasteiger partial charge in [-0.1, -0.05) is 70.3 Å². The van der Waals surface area contributed by atoms with Gasteiger partial charge in [0.1, 0.15) is 0 Å². The lowest BCUT2D eigenvalue weighted by atomic mass is 9.97. The summed E-state index contributed by atoms with van der Waals surface area (Å²) in [6.45, 7) is 5.11. The van der Waals surface area contributed by atoms with Crippen molar-refractivity contribution < 1.29 is 0 Å². The van der Waals surface area contributed by atoms with Gasteiger partial charge >= 0.3 is 0 Å². The van der Waals surface area contributed by atoms with Gasteiger partial charge < -0.3 is 5.32 Å². The van der Waals surface area contributed by atoms with Gasteiger partial charge in [-0.05, 0) is 48.7 Å². The van der Waals surface area contributed by atoms with E-state index < -0.39 is 0 Å². The third-order valence-corrected chi connectivity index (χ3v) is 5.16. The van der Waals surface area contributed by atoms with Crippen LogP contribution in [0.2, 0.25) is 10.0 Å². The maximum Gasteiger partial charge on any atom is 0.0453 e. The average Bonchev–Trinajstić information content (AvgIpc) is 2.44. The van der Waals surface area contributed by atoms with Crippen molar-refractivity contribution >= 4 is 39.1 Å². The molecule has 0 amide bonds. The molecule has 0 saturated carbocycles. The number of rotatable bonds is 5. The van der Waals surface area contributed by atoms with Crippen molar-refractivity contribution in [3.05, 3.63) is 67.6 Å². The van der Waals surface area contributed by atoms with Gasteiger partial charge in [0.25, 0.3) is 0 Å². The fourth-order valence-corrected chi connectivity index (χ4v) is 3.41. The van der Waals surface area contributed by atoms with Crippen LogP contribution in [0.25, 0.3) is 0 Å². The molecule has 0 aromatic heterocycles. The molecule has 0 fully saturated rings. The van der Waals surface area contributed by atoms with Gasteiger partial charge in [-0.3, -0.25) is 0 Å². The lowest BCUT2D eigenvalue weighted by molar-refractivity contribution is 0.547. The molecule has 0 aliphatic heterocycles. The quantitative estimate of drug-likeness (QED) is 0.668. The molecule has 2 rings (SSSR count). The Balaban J connectivity index is 2.33. The summed E-state index contributed by atoms with van der Waals surface area (Å²) in [5.74, 6) is 0. The third kappa shape index (κ3) is 4.23. The second-order valence-corrected chi connectivity index (χ2v) is 6.66. The highest BCUT2D eigenvalue weighted by Crippen LogP contribution is 2.31. The highest BCUT2D eigenvalue weighted by atomic mass is 79.9. The Labute approximate surface area is 144 Å². The van der Waals surface area contributed by atoms with Gasteiger partial charge in [-0.2, -0.15) is 0 Å². The Morgan fingerprint density at radius 3 is 2.62 bits per heavy atom. The molecule has 0 saturated heterocycles. The fourth-order valence-electron chi connectivity index (χ4n) is 2.38. The molecule has 2 aromatic rings. The Morgan fingerprint density at radius 1 is 1.19 bits per heavy atom. The van der Waals surface area contributed by atoms with Crippen LogP contribution in [-0.4, -0.2) is 6.54 Å². The lowest BCUT2D eigenvalue weighted by Crippen LogP contribution is -2.23. The van der Waals surface area contributed by atoms with Crippen LogP contribution < -0.4 is 5.32 Å². The van der Waals surface area contributed by atoms with Crippen molar-refractivity contribution in [3.63, 3.8) is 0 Å². The van der Waals surface area contributed by atoms with Crippen molar-refractivity contribution in [1.29, 1.82) is 0 Å². The third-order valence-electron chi connectivity index (χ3n) is 3.49. The SMILES string of the molecule is CCNC(Cc1ccc(Cl)cc1Cl)c1cccc(C)c1Br. The smallest absolute Gasteiger partial charge is 0.0453 e. The molecule has 4 heteroatoms. The topological polar surface area (TPSA) is 12.0 Å². The molecule has 1 atom stereocenters. The first kappa shape index (κ1) is 16.8. The number of halogens is 3. The predicted octanol–water partition coefficient (Wildman–Crippen LogP) is 5.96. The van der Waals surface area contributed by atoms with Crippen molar-refractivity contribution in [2.24, 2.45) is 0 Å². The summed E-state index contributed by atoms with van der Waals surface area (Å²) in [5, 5.41) is 4.92. The van der Waals surface area contributed by atoms with E-state index in [9.17, 15) is 0 Å². The number of hydrogen-bond acceptors (Lipinski definition) is 1. The van der Waals surface area contributed by atoms with Crippen LogP contribution in [0, 0.1) is 6.92 Å². The predicted molar refractivity (Wildman–Crippen MR) is 95.5 cm³/mol. The number of nitrogens with one attached hydrogen (secondary N) is 1. The number of aryl methyl sites for hydroxylation is 1. The van der Waals surface area contributed by atoms with Crippen LogP contribution in [0.1, 0.15) is 29.7 Å². The summed E-state index contributed by atoms with van der Waals surface area (Å²) < 4.78 is 1.15. The second kappa shape index (κ2) is 7.64. The zero-order valence-corrected chi connectivity index (χ0v) is 15.2. The second-order valence-electron chi connectivity index (χ2n) is 5.03. The van der Waals surface area contributed by atoms with E-state index in [1.54, 1.807) is 6.07 Å². The maximum atomic E-state index is 6.31. The minimum atomic E-state index is 0.211. The summed E-state index contributed by atoms with van der Waals surface area (Å²) >= 11 is 16.0. The first-order valence-corrected chi connectivity index (χ1v) is 8.50. The molecular weight excluding hydrogens is 369 g/mol. The molecule has 1 unspecified atom stereocenters. The van der Waals surface area contributed by atoms with E-state index in [-0.39, 0.29) is 6.04 Å². The maximum absolute atomic E-state index is 6.31. The number of hydrogen-bond donors (Lipinski definition) is 1. The largest absolute Gasteiger partial charge is 0.310 e. The fraction of sp³-hybridized carbons (Fsp3) is 0.294. The molecule has 0 aliphatic carbocycles. The molecule has 21 heavy (non-hydrogen) atoms. The highest BCUT2D eigenvalue weighted by Gasteiger charge is 2.16. The Kier molecular flexibility index (Phi) is 6.12. The molecule has 112 valence electrons. The average molecular weight is 387 g/mol.